The Hall–Kier alpha value is -0.830. The molecule has 2 atom stereocenters. The van der Waals surface area contributed by atoms with Gasteiger partial charge in [-0.15, -0.1) is 0 Å². The van der Waals surface area contributed by atoms with E-state index in [1.165, 1.54) is 0 Å². The first-order valence-electron chi connectivity index (χ1n) is 2.99. The highest BCUT2D eigenvalue weighted by Crippen LogP contribution is 2.43. The first-order valence-corrected chi connectivity index (χ1v) is 2.99. The maximum Gasteiger partial charge on any atom is 0.229 e. The summed E-state index contributed by atoms with van der Waals surface area (Å²) in [7, 11) is 0. The Morgan fingerprint density at radius 3 is 3.22 bits per heavy atom. The fourth-order valence-corrected chi connectivity index (χ4v) is 1.20. The van der Waals surface area contributed by atoms with Crippen LogP contribution in [0.1, 0.15) is 6.42 Å². The van der Waals surface area contributed by atoms with Crippen molar-refractivity contribution in [1.29, 1.82) is 0 Å². The van der Waals surface area contributed by atoms with Crippen LogP contribution in [-0.4, -0.2) is 11.4 Å². The minimum atomic E-state index is -0.275. The van der Waals surface area contributed by atoms with Gasteiger partial charge in [-0.3, -0.25) is 4.79 Å². The molecule has 0 bridgehead atoms. The zero-order chi connectivity index (χ0) is 6.48. The molecule has 1 fully saturated rings. The average molecular weight is 124 g/mol. The van der Waals surface area contributed by atoms with Gasteiger partial charge < -0.3 is 11.1 Å². The summed E-state index contributed by atoms with van der Waals surface area (Å²) in [5, 5.41) is 2.60. The topological polar surface area (TPSA) is 55.1 Å². The highest BCUT2D eigenvalue weighted by Gasteiger charge is 2.55. The lowest BCUT2D eigenvalue weighted by atomic mass is 10.2. The number of rotatable bonds is 0. The molecule has 1 aliphatic carbocycles. The lowest BCUT2D eigenvalue weighted by Crippen LogP contribution is -2.34. The minimum Gasteiger partial charge on any atom is -0.333 e. The molecule has 0 aromatic carbocycles. The lowest BCUT2D eigenvalue weighted by molar-refractivity contribution is -0.121. The van der Waals surface area contributed by atoms with Gasteiger partial charge in [-0.05, 0) is 12.5 Å². The molecule has 0 aromatic rings. The maximum absolute atomic E-state index is 10.8. The number of fused-ring (bicyclic) bond motifs is 1. The van der Waals surface area contributed by atoms with Crippen molar-refractivity contribution in [3.8, 4) is 0 Å². The predicted octanol–water partition coefficient (Wildman–Crippen LogP) is -0.653. The first kappa shape index (κ1) is 4.99. The molecule has 0 radical (unpaired) electrons. The SMILES string of the molecule is NC12C=CNC(=O)C1C2. The van der Waals surface area contributed by atoms with E-state index in [0.717, 1.165) is 6.42 Å². The predicted molar refractivity (Wildman–Crippen MR) is 32.3 cm³/mol. The molecule has 2 unspecified atom stereocenters. The minimum absolute atomic E-state index is 0.0579. The van der Waals surface area contributed by atoms with Crippen LogP contribution < -0.4 is 11.1 Å². The van der Waals surface area contributed by atoms with Gasteiger partial charge in [0.1, 0.15) is 0 Å². The van der Waals surface area contributed by atoms with E-state index >= 15 is 0 Å². The largest absolute Gasteiger partial charge is 0.333 e. The number of nitrogens with two attached hydrogens (primary N) is 1. The second-order valence-electron chi connectivity index (χ2n) is 2.71. The van der Waals surface area contributed by atoms with E-state index in [4.69, 9.17) is 5.73 Å². The van der Waals surface area contributed by atoms with Gasteiger partial charge >= 0.3 is 0 Å². The van der Waals surface area contributed by atoms with E-state index in [0.29, 0.717) is 0 Å². The van der Waals surface area contributed by atoms with E-state index in [9.17, 15) is 4.79 Å². The number of hydrogen-bond donors (Lipinski definition) is 2. The van der Waals surface area contributed by atoms with E-state index in [2.05, 4.69) is 5.32 Å². The van der Waals surface area contributed by atoms with Gasteiger partial charge in [0, 0.05) is 11.7 Å². The Bertz CT molecular complexity index is 199. The molecule has 0 spiro atoms. The molecule has 48 valence electrons. The molecule has 1 amide bonds. The van der Waals surface area contributed by atoms with Crippen molar-refractivity contribution in [2.45, 2.75) is 12.0 Å². The van der Waals surface area contributed by atoms with Crippen molar-refractivity contribution in [2.75, 3.05) is 0 Å². The summed E-state index contributed by atoms with van der Waals surface area (Å²) in [4.78, 5) is 10.8. The van der Waals surface area contributed by atoms with Crippen LogP contribution in [0.3, 0.4) is 0 Å². The van der Waals surface area contributed by atoms with Crippen LogP contribution in [0, 0.1) is 5.92 Å². The average Bonchev–Trinajstić information content (AvgIpc) is 2.43. The number of hydrogen-bond acceptors (Lipinski definition) is 2. The zero-order valence-corrected chi connectivity index (χ0v) is 4.92. The summed E-state index contributed by atoms with van der Waals surface area (Å²) >= 11 is 0. The van der Waals surface area contributed by atoms with Gasteiger partial charge in [0.15, 0.2) is 0 Å². The second kappa shape index (κ2) is 1.19. The first-order chi connectivity index (χ1) is 4.22. The third kappa shape index (κ3) is 0.522. The van der Waals surface area contributed by atoms with E-state index < -0.39 is 0 Å². The van der Waals surface area contributed by atoms with E-state index in [-0.39, 0.29) is 17.4 Å². The Balaban J connectivity index is 2.31. The monoisotopic (exact) mass is 124 g/mol. The number of carbonyl (C=O) groups is 1. The Morgan fingerprint density at radius 2 is 2.67 bits per heavy atom. The van der Waals surface area contributed by atoms with Crippen molar-refractivity contribution in [3.05, 3.63) is 12.3 Å². The van der Waals surface area contributed by atoms with Crippen molar-refractivity contribution >= 4 is 5.91 Å². The number of nitrogens with one attached hydrogen (secondary N) is 1. The molecule has 3 heteroatoms. The molecule has 0 aromatic heterocycles. The van der Waals surface area contributed by atoms with Crippen LogP contribution in [0.4, 0.5) is 0 Å². The summed E-state index contributed by atoms with van der Waals surface area (Å²) < 4.78 is 0. The van der Waals surface area contributed by atoms with Crippen molar-refractivity contribution in [1.82, 2.24) is 5.32 Å². The van der Waals surface area contributed by atoms with Gasteiger partial charge in [-0.2, -0.15) is 0 Å². The molecular weight excluding hydrogens is 116 g/mol. The summed E-state index contributed by atoms with van der Waals surface area (Å²) in [6.45, 7) is 0. The van der Waals surface area contributed by atoms with Gasteiger partial charge in [-0.25, -0.2) is 0 Å². The molecular formula is C6H8N2O. The summed E-state index contributed by atoms with van der Waals surface area (Å²) in [5.41, 5.74) is 5.42. The summed E-state index contributed by atoms with van der Waals surface area (Å²) in [5.74, 6) is 0.127. The summed E-state index contributed by atoms with van der Waals surface area (Å²) in [6.07, 6.45) is 4.31. The van der Waals surface area contributed by atoms with E-state index in [1.54, 1.807) is 6.20 Å². The Kier molecular flexibility index (Phi) is 0.658. The van der Waals surface area contributed by atoms with Crippen LogP contribution >= 0.6 is 0 Å². The van der Waals surface area contributed by atoms with Gasteiger partial charge in [0.2, 0.25) is 5.91 Å². The lowest BCUT2D eigenvalue weighted by Gasteiger charge is -2.09. The molecule has 2 aliphatic rings. The smallest absolute Gasteiger partial charge is 0.229 e. The van der Waals surface area contributed by atoms with Crippen LogP contribution in [0.25, 0.3) is 0 Å². The fraction of sp³-hybridized carbons (Fsp3) is 0.500. The van der Waals surface area contributed by atoms with Crippen molar-refractivity contribution in [2.24, 2.45) is 11.7 Å². The van der Waals surface area contributed by atoms with Gasteiger partial charge in [0.05, 0.1) is 5.92 Å². The van der Waals surface area contributed by atoms with Gasteiger partial charge in [0.25, 0.3) is 0 Å². The van der Waals surface area contributed by atoms with Crippen molar-refractivity contribution < 1.29 is 4.79 Å². The Morgan fingerprint density at radius 1 is 1.89 bits per heavy atom. The summed E-state index contributed by atoms with van der Waals surface area (Å²) in [6, 6.07) is 0. The van der Waals surface area contributed by atoms with Crippen LogP contribution in [0.5, 0.6) is 0 Å². The van der Waals surface area contributed by atoms with E-state index in [1.807, 2.05) is 6.08 Å². The van der Waals surface area contributed by atoms with Crippen LogP contribution in [0.15, 0.2) is 12.3 Å². The molecule has 0 saturated heterocycles. The maximum atomic E-state index is 10.8. The quantitative estimate of drug-likeness (QED) is 0.450. The standard InChI is InChI=1S/C6H8N2O/c7-6-1-2-8-5(9)4(6)3-6/h1-2,4H,3,7H2,(H,8,9). The fourth-order valence-electron chi connectivity index (χ4n) is 1.20. The highest BCUT2D eigenvalue weighted by molar-refractivity contribution is 5.86. The van der Waals surface area contributed by atoms with Crippen LogP contribution in [-0.2, 0) is 4.79 Å². The number of carbonyl (C=O) groups excluding carboxylic acids is 1. The van der Waals surface area contributed by atoms with Crippen LogP contribution in [0.2, 0.25) is 0 Å². The molecule has 3 N–H and O–H groups in total. The zero-order valence-electron chi connectivity index (χ0n) is 4.92. The molecule has 2 rings (SSSR count). The molecule has 1 heterocycles. The Labute approximate surface area is 52.9 Å². The normalized spacial score (nSPS) is 45.9. The second-order valence-corrected chi connectivity index (χ2v) is 2.71. The van der Waals surface area contributed by atoms with Crippen molar-refractivity contribution in [3.63, 3.8) is 0 Å². The molecule has 1 aliphatic heterocycles. The molecule has 9 heavy (non-hydrogen) atoms. The highest BCUT2D eigenvalue weighted by atomic mass is 16.2. The molecule has 1 saturated carbocycles. The molecule has 3 nitrogen and oxygen atoms in total. The third-order valence-corrected chi connectivity index (χ3v) is 1.98. The third-order valence-electron chi connectivity index (χ3n) is 1.98. The van der Waals surface area contributed by atoms with Gasteiger partial charge in [-0.1, -0.05) is 0 Å². The number of amides is 1.